The molecule has 0 spiro atoms. The number of halogens is 1. The lowest BCUT2D eigenvalue weighted by molar-refractivity contribution is 0.0740. The van der Waals surface area contributed by atoms with E-state index in [4.69, 9.17) is 0 Å². The fourth-order valence-corrected chi connectivity index (χ4v) is 3.17. The molecule has 3 rings (SSSR count). The summed E-state index contributed by atoms with van der Waals surface area (Å²) in [6, 6.07) is 11.5. The molecule has 0 radical (unpaired) electrons. The molecule has 2 aromatic rings. The highest BCUT2D eigenvalue weighted by atomic mass is 19.1. The van der Waals surface area contributed by atoms with E-state index < -0.39 is 0 Å². The molecule has 0 aliphatic carbocycles. The van der Waals surface area contributed by atoms with Gasteiger partial charge in [-0.15, -0.1) is 0 Å². The summed E-state index contributed by atoms with van der Waals surface area (Å²) in [5.74, 6) is -0.741. The number of anilines is 1. The van der Waals surface area contributed by atoms with Crippen LogP contribution in [0.2, 0.25) is 0 Å². The molecule has 0 unspecified atom stereocenters. The van der Waals surface area contributed by atoms with Gasteiger partial charge in [0.1, 0.15) is 17.2 Å². The molecule has 0 saturated carbocycles. The normalized spacial score (nSPS) is 14.1. The number of nitrogens with one attached hydrogen (secondary N) is 1. The first-order chi connectivity index (χ1) is 13.6. The van der Waals surface area contributed by atoms with E-state index in [0.29, 0.717) is 38.4 Å². The second kappa shape index (κ2) is 9.30. The number of aromatic nitrogens is 1. The number of hydrogen-bond donors (Lipinski definition) is 1. The van der Waals surface area contributed by atoms with Crippen LogP contribution in [0.5, 0.6) is 0 Å². The Labute approximate surface area is 164 Å². The summed E-state index contributed by atoms with van der Waals surface area (Å²) in [6.45, 7) is 4.68. The number of para-hydroxylation sites is 1. The third-order valence-electron chi connectivity index (χ3n) is 4.78. The maximum Gasteiger partial charge on any atom is 0.272 e. The highest BCUT2D eigenvalue weighted by Crippen LogP contribution is 2.20. The van der Waals surface area contributed by atoms with Crippen molar-refractivity contribution in [1.29, 1.82) is 0 Å². The maximum atomic E-state index is 14.0. The number of rotatable bonds is 6. The first-order valence-corrected chi connectivity index (χ1v) is 9.64. The van der Waals surface area contributed by atoms with Crippen molar-refractivity contribution in [2.24, 2.45) is 0 Å². The SMILES string of the molecule is CCCCNC(=O)c1cccc(C(=O)N2CCN(c3ccccc3F)CC2)n1. The molecule has 7 heteroatoms. The van der Waals surface area contributed by atoms with Crippen LogP contribution in [0.25, 0.3) is 0 Å². The van der Waals surface area contributed by atoms with Crippen molar-refractivity contribution < 1.29 is 14.0 Å². The van der Waals surface area contributed by atoms with Gasteiger partial charge in [-0.05, 0) is 30.7 Å². The van der Waals surface area contributed by atoms with E-state index in [1.807, 2.05) is 4.90 Å². The lowest BCUT2D eigenvalue weighted by Gasteiger charge is -2.36. The topological polar surface area (TPSA) is 65.5 Å². The van der Waals surface area contributed by atoms with Crippen molar-refractivity contribution in [1.82, 2.24) is 15.2 Å². The van der Waals surface area contributed by atoms with Crippen LogP contribution in [0.15, 0.2) is 42.5 Å². The molecule has 6 nitrogen and oxygen atoms in total. The van der Waals surface area contributed by atoms with Crippen LogP contribution in [-0.4, -0.2) is 54.4 Å². The van der Waals surface area contributed by atoms with Crippen LogP contribution in [0.4, 0.5) is 10.1 Å². The molecule has 28 heavy (non-hydrogen) atoms. The van der Waals surface area contributed by atoms with Crippen molar-refractivity contribution in [2.75, 3.05) is 37.6 Å². The second-order valence-corrected chi connectivity index (χ2v) is 6.75. The van der Waals surface area contributed by atoms with Gasteiger partial charge in [-0.25, -0.2) is 9.37 Å². The van der Waals surface area contributed by atoms with Crippen molar-refractivity contribution in [3.63, 3.8) is 0 Å². The highest BCUT2D eigenvalue weighted by molar-refractivity contribution is 5.96. The van der Waals surface area contributed by atoms with E-state index in [0.717, 1.165) is 12.8 Å². The average molecular weight is 384 g/mol. The number of benzene rings is 1. The lowest BCUT2D eigenvalue weighted by atomic mass is 10.2. The Morgan fingerprint density at radius 3 is 2.46 bits per heavy atom. The van der Waals surface area contributed by atoms with Crippen molar-refractivity contribution in [3.8, 4) is 0 Å². The minimum Gasteiger partial charge on any atom is -0.366 e. The van der Waals surface area contributed by atoms with E-state index >= 15 is 0 Å². The summed E-state index contributed by atoms with van der Waals surface area (Å²) in [7, 11) is 0. The number of hydrogen-bond acceptors (Lipinski definition) is 4. The first kappa shape index (κ1) is 19.8. The van der Waals surface area contributed by atoms with Gasteiger partial charge in [-0.3, -0.25) is 9.59 Å². The molecule has 1 aromatic carbocycles. The van der Waals surface area contributed by atoms with Gasteiger partial charge in [-0.2, -0.15) is 0 Å². The van der Waals surface area contributed by atoms with Gasteiger partial charge >= 0.3 is 0 Å². The van der Waals surface area contributed by atoms with Gasteiger partial charge < -0.3 is 15.1 Å². The number of carbonyl (C=O) groups is 2. The number of nitrogens with zero attached hydrogens (tertiary/aromatic N) is 3. The summed E-state index contributed by atoms with van der Waals surface area (Å²) in [6.07, 6.45) is 1.89. The molecule has 1 saturated heterocycles. The third-order valence-corrected chi connectivity index (χ3v) is 4.78. The van der Waals surface area contributed by atoms with Crippen molar-refractivity contribution >= 4 is 17.5 Å². The molecule has 1 aliphatic rings. The molecule has 1 N–H and O–H groups in total. The first-order valence-electron chi connectivity index (χ1n) is 9.64. The smallest absolute Gasteiger partial charge is 0.272 e. The highest BCUT2D eigenvalue weighted by Gasteiger charge is 2.24. The fourth-order valence-electron chi connectivity index (χ4n) is 3.17. The standard InChI is InChI=1S/C21H25FN4O2/c1-2-3-11-23-20(27)17-8-6-9-18(24-17)21(28)26-14-12-25(13-15-26)19-10-5-4-7-16(19)22/h4-10H,2-3,11-15H2,1H3,(H,23,27). The molecule has 148 valence electrons. The molecule has 1 aliphatic heterocycles. The zero-order chi connectivity index (χ0) is 19.9. The number of piperazine rings is 1. The largest absolute Gasteiger partial charge is 0.366 e. The zero-order valence-electron chi connectivity index (χ0n) is 16.0. The molecule has 1 fully saturated rings. The zero-order valence-corrected chi connectivity index (χ0v) is 16.0. The summed E-state index contributed by atoms with van der Waals surface area (Å²) < 4.78 is 14.0. The quantitative estimate of drug-likeness (QED) is 0.778. The fraction of sp³-hybridized carbons (Fsp3) is 0.381. The van der Waals surface area contributed by atoms with Crippen LogP contribution >= 0.6 is 0 Å². The maximum absolute atomic E-state index is 14.0. The predicted molar refractivity (Wildman–Crippen MR) is 106 cm³/mol. The Bertz CT molecular complexity index is 835. The summed E-state index contributed by atoms with van der Waals surface area (Å²) in [5.41, 5.74) is 1.05. The summed E-state index contributed by atoms with van der Waals surface area (Å²) >= 11 is 0. The Kier molecular flexibility index (Phi) is 6.57. The molecular formula is C21H25FN4O2. The Hall–Kier alpha value is -2.96. The van der Waals surface area contributed by atoms with Crippen LogP contribution in [0.3, 0.4) is 0 Å². The van der Waals surface area contributed by atoms with Gasteiger partial charge in [0.2, 0.25) is 0 Å². The van der Waals surface area contributed by atoms with Crippen molar-refractivity contribution in [2.45, 2.75) is 19.8 Å². The van der Waals surface area contributed by atoms with Gasteiger partial charge in [0, 0.05) is 32.7 Å². The van der Waals surface area contributed by atoms with Gasteiger partial charge in [0.25, 0.3) is 11.8 Å². The van der Waals surface area contributed by atoms with E-state index in [9.17, 15) is 14.0 Å². The Balaban J connectivity index is 1.61. The predicted octanol–water partition coefficient (Wildman–Crippen LogP) is 2.71. The molecule has 2 amide bonds. The monoisotopic (exact) mass is 384 g/mol. The number of carbonyl (C=O) groups excluding carboxylic acids is 2. The van der Waals surface area contributed by atoms with Crippen LogP contribution in [-0.2, 0) is 0 Å². The van der Waals surface area contributed by atoms with Crippen LogP contribution < -0.4 is 10.2 Å². The molecule has 0 bridgehead atoms. The minimum absolute atomic E-state index is 0.212. The third kappa shape index (κ3) is 4.65. The van der Waals surface area contributed by atoms with Crippen LogP contribution in [0, 0.1) is 5.82 Å². The summed E-state index contributed by atoms with van der Waals surface area (Å²) in [5, 5.41) is 2.81. The van der Waals surface area contributed by atoms with Crippen LogP contribution in [0.1, 0.15) is 40.7 Å². The van der Waals surface area contributed by atoms with Crippen molar-refractivity contribution in [3.05, 3.63) is 59.7 Å². The average Bonchev–Trinajstić information content (AvgIpc) is 2.74. The number of pyridine rings is 1. The second-order valence-electron chi connectivity index (χ2n) is 6.75. The minimum atomic E-state index is -0.271. The van der Waals surface area contributed by atoms with Gasteiger partial charge in [0.15, 0.2) is 0 Å². The number of unbranched alkanes of at least 4 members (excludes halogenated alkanes) is 1. The lowest BCUT2D eigenvalue weighted by Crippen LogP contribution is -2.49. The summed E-state index contributed by atoms with van der Waals surface area (Å²) in [4.78, 5) is 32.8. The van der Waals surface area contributed by atoms with E-state index in [1.165, 1.54) is 6.07 Å². The molecule has 0 atom stereocenters. The molecule has 2 heterocycles. The van der Waals surface area contributed by atoms with Gasteiger partial charge in [0.05, 0.1) is 5.69 Å². The van der Waals surface area contributed by atoms with E-state index in [-0.39, 0.29) is 29.0 Å². The van der Waals surface area contributed by atoms with E-state index in [2.05, 4.69) is 17.2 Å². The Morgan fingerprint density at radius 1 is 1.04 bits per heavy atom. The molecule has 1 aromatic heterocycles. The Morgan fingerprint density at radius 2 is 1.75 bits per heavy atom. The van der Waals surface area contributed by atoms with E-state index in [1.54, 1.807) is 41.3 Å². The number of amides is 2. The van der Waals surface area contributed by atoms with Gasteiger partial charge in [-0.1, -0.05) is 31.5 Å². The molecular weight excluding hydrogens is 359 g/mol.